The Kier molecular flexibility index (Phi) is 6.66. The number of nitrogens with zero attached hydrogens (tertiary/aromatic N) is 2. The highest BCUT2D eigenvalue weighted by Gasteiger charge is 2.47. The predicted octanol–water partition coefficient (Wildman–Crippen LogP) is 4.16. The van der Waals surface area contributed by atoms with E-state index in [9.17, 15) is 0 Å². The molecule has 0 bridgehead atoms. The van der Waals surface area contributed by atoms with Crippen LogP contribution in [-0.4, -0.2) is 60.5 Å². The second kappa shape index (κ2) is 9.23. The molecule has 0 amide bonds. The third kappa shape index (κ3) is 4.28. The molecule has 5 nitrogen and oxygen atoms in total. The molecule has 1 aliphatic carbocycles. The lowest BCUT2D eigenvalue weighted by Gasteiger charge is -2.46. The molecule has 158 valence electrons. The van der Waals surface area contributed by atoms with Crippen molar-refractivity contribution in [1.29, 1.82) is 0 Å². The zero-order valence-corrected chi connectivity index (χ0v) is 18.6. The summed E-state index contributed by atoms with van der Waals surface area (Å²) < 4.78 is 19.0. The summed E-state index contributed by atoms with van der Waals surface area (Å²) in [7, 11) is 1.80. The fraction of sp³-hybridized carbons (Fsp3) is 0.609. The maximum Gasteiger partial charge on any atom is 0.181 e. The van der Waals surface area contributed by atoms with Gasteiger partial charge >= 0.3 is 0 Å². The van der Waals surface area contributed by atoms with Gasteiger partial charge in [-0.15, -0.1) is 0 Å². The van der Waals surface area contributed by atoms with E-state index in [0.29, 0.717) is 6.04 Å². The van der Waals surface area contributed by atoms with Gasteiger partial charge in [0.1, 0.15) is 0 Å². The van der Waals surface area contributed by atoms with E-state index < -0.39 is 5.79 Å². The highest BCUT2D eigenvalue weighted by molar-refractivity contribution is 7.13. The van der Waals surface area contributed by atoms with Crippen LogP contribution in [0, 0.1) is 0 Å². The second-order valence-corrected chi connectivity index (χ2v) is 9.02. The van der Waals surface area contributed by atoms with E-state index >= 15 is 0 Å². The molecule has 1 saturated heterocycles. The van der Waals surface area contributed by atoms with Crippen LogP contribution in [0.1, 0.15) is 44.7 Å². The predicted molar refractivity (Wildman–Crippen MR) is 120 cm³/mol. The van der Waals surface area contributed by atoms with Crippen molar-refractivity contribution < 1.29 is 9.47 Å². The first-order valence-corrected chi connectivity index (χ1v) is 11.6. The van der Waals surface area contributed by atoms with Gasteiger partial charge in [0.15, 0.2) is 5.79 Å². The number of ether oxygens (including phenoxy) is 2. The third-order valence-electron chi connectivity index (χ3n) is 6.26. The van der Waals surface area contributed by atoms with Crippen molar-refractivity contribution >= 4 is 21.6 Å². The van der Waals surface area contributed by atoms with E-state index in [0.717, 1.165) is 51.1 Å². The molecule has 1 aliphatic heterocycles. The highest BCUT2D eigenvalue weighted by Crippen LogP contribution is 2.45. The highest BCUT2D eigenvalue weighted by atomic mass is 32.1. The topological polar surface area (TPSA) is 46.6 Å². The van der Waals surface area contributed by atoms with Crippen LogP contribution in [0.4, 0.5) is 0 Å². The Morgan fingerprint density at radius 3 is 2.83 bits per heavy atom. The van der Waals surface area contributed by atoms with Gasteiger partial charge in [0, 0.05) is 51.1 Å². The number of piperazine rings is 1. The number of fused-ring (bicyclic) bond motifs is 1. The molecule has 1 aromatic heterocycles. The molecule has 0 radical (unpaired) electrons. The number of methoxy groups -OCH3 is 1. The molecule has 2 aromatic rings. The van der Waals surface area contributed by atoms with E-state index in [1.54, 1.807) is 18.6 Å². The fourth-order valence-corrected chi connectivity index (χ4v) is 5.57. The van der Waals surface area contributed by atoms with Crippen molar-refractivity contribution in [1.82, 2.24) is 14.6 Å². The Balaban J connectivity index is 1.71. The van der Waals surface area contributed by atoms with Crippen LogP contribution in [0.5, 0.6) is 0 Å². The summed E-state index contributed by atoms with van der Waals surface area (Å²) in [4.78, 5) is 2.55. The van der Waals surface area contributed by atoms with Crippen molar-refractivity contribution in [3.05, 3.63) is 42.1 Å². The number of hydrogen-bond acceptors (Lipinski definition) is 6. The van der Waals surface area contributed by atoms with Gasteiger partial charge in [0.2, 0.25) is 0 Å². The lowest BCUT2D eigenvalue weighted by Crippen LogP contribution is -2.54. The van der Waals surface area contributed by atoms with Crippen molar-refractivity contribution in [2.24, 2.45) is 0 Å². The summed E-state index contributed by atoms with van der Waals surface area (Å²) in [6, 6.07) is 8.80. The van der Waals surface area contributed by atoms with Crippen molar-refractivity contribution in [2.45, 2.75) is 57.0 Å². The van der Waals surface area contributed by atoms with Gasteiger partial charge in [0.25, 0.3) is 0 Å². The van der Waals surface area contributed by atoms with Gasteiger partial charge in [-0.25, -0.2) is 0 Å². The number of benzene rings is 1. The molecule has 4 rings (SSSR count). The minimum Gasteiger partial charge on any atom is -0.352 e. The molecule has 0 saturated carbocycles. The van der Waals surface area contributed by atoms with Crippen LogP contribution in [-0.2, 0) is 9.47 Å². The van der Waals surface area contributed by atoms with Crippen LogP contribution >= 0.6 is 11.5 Å². The van der Waals surface area contributed by atoms with Crippen LogP contribution < -0.4 is 5.32 Å². The van der Waals surface area contributed by atoms with Crippen molar-refractivity contribution in [2.75, 3.05) is 33.3 Å². The summed E-state index contributed by atoms with van der Waals surface area (Å²) in [5.41, 5.74) is 1.08. The Hall–Kier alpha value is -1.31. The summed E-state index contributed by atoms with van der Waals surface area (Å²) in [6.07, 6.45) is 7.74. The van der Waals surface area contributed by atoms with Gasteiger partial charge in [-0.2, -0.15) is 4.37 Å². The SMILES string of the molecule is CCCC(C)OC1(OC)CC(N2CCNCC2)C=CC1c1nsc2ccccc12. The molecule has 4 atom stereocenters. The minimum atomic E-state index is -0.699. The average Bonchev–Trinajstić information content (AvgIpc) is 3.18. The lowest BCUT2D eigenvalue weighted by atomic mass is 9.82. The first kappa shape index (κ1) is 20.9. The Morgan fingerprint density at radius 1 is 1.28 bits per heavy atom. The van der Waals surface area contributed by atoms with Gasteiger partial charge in [0.05, 0.1) is 22.4 Å². The molecule has 29 heavy (non-hydrogen) atoms. The number of rotatable bonds is 7. The average molecular weight is 416 g/mol. The first-order valence-electron chi connectivity index (χ1n) is 10.9. The molecule has 6 heteroatoms. The summed E-state index contributed by atoms with van der Waals surface area (Å²) in [5, 5.41) is 4.66. The Labute approximate surface area is 178 Å². The molecule has 2 aliphatic rings. The maximum absolute atomic E-state index is 6.72. The van der Waals surface area contributed by atoms with E-state index in [1.807, 2.05) is 0 Å². The van der Waals surface area contributed by atoms with Crippen LogP contribution in [0.3, 0.4) is 0 Å². The molecule has 4 unspecified atom stereocenters. The van der Waals surface area contributed by atoms with Gasteiger partial charge in [-0.1, -0.05) is 43.7 Å². The molecular formula is C23H33N3O2S. The normalized spacial score (nSPS) is 29.3. The molecule has 1 aromatic carbocycles. The summed E-state index contributed by atoms with van der Waals surface area (Å²) >= 11 is 1.56. The quantitative estimate of drug-likeness (QED) is 0.543. The van der Waals surface area contributed by atoms with E-state index in [1.165, 1.54) is 10.1 Å². The monoisotopic (exact) mass is 415 g/mol. The second-order valence-electron chi connectivity index (χ2n) is 8.22. The summed E-state index contributed by atoms with van der Waals surface area (Å²) in [6.45, 7) is 8.57. The van der Waals surface area contributed by atoms with E-state index in [4.69, 9.17) is 13.8 Å². The Bertz CT molecular complexity index is 832. The van der Waals surface area contributed by atoms with E-state index in [-0.39, 0.29) is 12.0 Å². The van der Waals surface area contributed by atoms with Gasteiger partial charge < -0.3 is 14.8 Å². The molecular weight excluding hydrogens is 382 g/mol. The molecule has 1 N–H and O–H groups in total. The zero-order valence-electron chi connectivity index (χ0n) is 17.8. The van der Waals surface area contributed by atoms with Crippen LogP contribution in [0.2, 0.25) is 0 Å². The standard InChI is InChI=1S/C23H33N3O2S/c1-4-7-17(2)28-23(27-3)16-18(26-14-12-24-13-15-26)10-11-20(23)22-19-8-5-6-9-21(19)29-25-22/h5-6,8-11,17-18,20,24H,4,7,12-16H2,1-3H3. The third-order valence-corrected chi connectivity index (χ3v) is 7.10. The van der Waals surface area contributed by atoms with Crippen molar-refractivity contribution in [3.63, 3.8) is 0 Å². The lowest BCUT2D eigenvalue weighted by molar-refractivity contribution is -0.262. The zero-order chi connectivity index (χ0) is 20.3. The van der Waals surface area contributed by atoms with Crippen LogP contribution in [0.15, 0.2) is 36.4 Å². The van der Waals surface area contributed by atoms with Crippen molar-refractivity contribution in [3.8, 4) is 0 Å². The Morgan fingerprint density at radius 2 is 2.07 bits per heavy atom. The van der Waals surface area contributed by atoms with Gasteiger partial charge in [-0.3, -0.25) is 4.90 Å². The minimum absolute atomic E-state index is 0.0119. The fourth-order valence-electron chi connectivity index (χ4n) is 4.75. The van der Waals surface area contributed by atoms with Crippen LogP contribution in [0.25, 0.3) is 10.1 Å². The maximum atomic E-state index is 6.72. The largest absolute Gasteiger partial charge is 0.352 e. The number of aromatic nitrogens is 1. The number of nitrogens with one attached hydrogen (secondary N) is 1. The smallest absolute Gasteiger partial charge is 0.181 e. The molecule has 2 heterocycles. The summed E-state index contributed by atoms with van der Waals surface area (Å²) in [5.74, 6) is -0.711. The van der Waals surface area contributed by atoms with Gasteiger partial charge in [-0.05, 0) is 30.9 Å². The molecule has 0 spiro atoms. The molecule has 1 fully saturated rings. The first-order chi connectivity index (χ1) is 14.2. The van der Waals surface area contributed by atoms with E-state index in [2.05, 4.69) is 60.5 Å². The number of hydrogen-bond donors (Lipinski definition) is 1.